The van der Waals surface area contributed by atoms with E-state index in [1.165, 1.54) is 38.3 Å². The highest BCUT2D eigenvalue weighted by molar-refractivity contribution is 6.30. The molecule has 2 aromatic rings. The summed E-state index contributed by atoms with van der Waals surface area (Å²) >= 11 is 5.73. The van der Waals surface area contributed by atoms with Gasteiger partial charge in [0, 0.05) is 23.2 Å². The van der Waals surface area contributed by atoms with E-state index in [2.05, 4.69) is 5.32 Å². The van der Waals surface area contributed by atoms with Gasteiger partial charge in [0.05, 0.1) is 22.6 Å². The lowest BCUT2D eigenvalue weighted by molar-refractivity contribution is -0.386. The second-order valence-corrected chi connectivity index (χ2v) is 5.70. The molecule has 1 amide bonds. The zero-order valence-corrected chi connectivity index (χ0v) is 14.9. The highest BCUT2D eigenvalue weighted by Gasteiger charge is 2.23. The normalized spacial score (nSPS) is 11.4. The smallest absolute Gasteiger partial charge is 0.312 e. The minimum absolute atomic E-state index is 0.0674. The predicted molar refractivity (Wildman–Crippen MR) is 96.5 cm³/mol. The molecule has 1 N–H and O–H groups in total. The number of nitro groups is 2. The van der Waals surface area contributed by atoms with E-state index in [1.54, 1.807) is 0 Å². The van der Waals surface area contributed by atoms with Gasteiger partial charge in [-0.25, -0.2) is 0 Å². The Labute approximate surface area is 157 Å². The largest absolute Gasteiger partial charge is 0.495 e. The van der Waals surface area contributed by atoms with E-state index in [0.717, 1.165) is 12.1 Å². The maximum absolute atomic E-state index is 12.4. The number of benzene rings is 2. The van der Waals surface area contributed by atoms with Crippen LogP contribution < -0.4 is 14.8 Å². The average molecular weight is 396 g/mol. The van der Waals surface area contributed by atoms with Crippen molar-refractivity contribution >= 4 is 34.6 Å². The number of non-ortho nitro benzene ring substituents is 1. The Bertz CT molecular complexity index is 904. The first kappa shape index (κ1) is 19.9. The Morgan fingerprint density at radius 1 is 1.11 bits per heavy atom. The van der Waals surface area contributed by atoms with Crippen LogP contribution in [0.3, 0.4) is 0 Å². The van der Waals surface area contributed by atoms with Crippen LogP contribution in [-0.4, -0.2) is 29.0 Å². The summed E-state index contributed by atoms with van der Waals surface area (Å²) < 4.78 is 10.4. The number of rotatable bonds is 7. The van der Waals surface area contributed by atoms with Crippen LogP contribution in [0.25, 0.3) is 0 Å². The first-order valence-electron chi connectivity index (χ1n) is 7.46. The molecule has 0 aliphatic heterocycles. The number of methoxy groups -OCH3 is 1. The van der Waals surface area contributed by atoms with E-state index in [-0.39, 0.29) is 27.9 Å². The molecular formula is C16H14ClN3O7. The number of carbonyl (C=O) groups is 1. The second-order valence-electron chi connectivity index (χ2n) is 5.26. The Morgan fingerprint density at radius 3 is 2.37 bits per heavy atom. The van der Waals surface area contributed by atoms with Crippen molar-refractivity contribution in [1.29, 1.82) is 0 Å². The van der Waals surface area contributed by atoms with Crippen molar-refractivity contribution in [3.63, 3.8) is 0 Å². The van der Waals surface area contributed by atoms with Gasteiger partial charge in [-0.2, -0.15) is 0 Å². The van der Waals surface area contributed by atoms with Crippen LogP contribution in [0.5, 0.6) is 11.5 Å². The van der Waals surface area contributed by atoms with Gasteiger partial charge in [0.2, 0.25) is 0 Å². The SMILES string of the molecule is COc1ccc([N+](=O)[O-])cc1NC(=O)[C@@H](C)Oc1ccc(Cl)cc1[N+](=O)[O-]. The van der Waals surface area contributed by atoms with Crippen LogP contribution in [0.15, 0.2) is 36.4 Å². The fraction of sp³-hybridized carbons (Fsp3) is 0.188. The minimum atomic E-state index is -1.14. The molecule has 0 saturated heterocycles. The van der Waals surface area contributed by atoms with Gasteiger partial charge < -0.3 is 14.8 Å². The average Bonchev–Trinajstić information content (AvgIpc) is 2.62. The summed E-state index contributed by atoms with van der Waals surface area (Å²) in [5.41, 5.74) is -0.569. The monoisotopic (exact) mass is 395 g/mol. The molecule has 11 heteroatoms. The van der Waals surface area contributed by atoms with E-state index in [0.29, 0.717) is 0 Å². The molecule has 0 heterocycles. The summed E-state index contributed by atoms with van der Waals surface area (Å²) in [6, 6.07) is 7.46. The molecule has 0 aromatic heterocycles. The third-order valence-corrected chi connectivity index (χ3v) is 3.68. The van der Waals surface area contributed by atoms with Gasteiger partial charge in [-0.15, -0.1) is 0 Å². The molecule has 0 aliphatic carbocycles. The molecule has 0 unspecified atom stereocenters. The first-order chi connectivity index (χ1) is 12.7. The lowest BCUT2D eigenvalue weighted by Gasteiger charge is -2.16. The van der Waals surface area contributed by atoms with Crippen molar-refractivity contribution in [3.05, 3.63) is 61.6 Å². The molecule has 142 valence electrons. The minimum Gasteiger partial charge on any atom is -0.495 e. The van der Waals surface area contributed by atoms with Crippen molar-refractivity contribution in [2.45, 2.75) is 13.0 Å². The number of hydrogen-bond acceptors (Lipinski definition) is 7. The van der Waals surface area contributed by atoms with Gasteiger partial charge in [0.25, 0.3) is 11.6 Å². The van der Waals surface area contributed by atoms with Gasteiger partial charge in [-0.3, -0.25) is 25.0 Å². The third-order valence-electron chi connectivity index (χ3n) is 3.44. The number of carbonyl (C=O) groups excluding carboxylic acids is 1. The first-order valence-corrected chi connectivity index (χ1v) is 7.84. The number of amides is 1. The van der Waals surface area contributed by atoms with Crippen molar-refractivity contribution in [3.8, 4) is 11.5 Å². The Balaban J connectivity index is 2.21. The fourth-order valence-corrected chi connectivity index (χ4v) is 2.28. The molecular weight excluding hydrogens is 382 g/mol. The summed E-state index contributed by atoms with van der Waals surface area (Å²) in [6.45, 7) is 1.37. The van der Waals surface area contributed by atoms with Gasteiger partial charge in [0.15, 0.2) is 11.9 Å². The predicted octanol–water partition coefficient (Wildman–Crippen LogP) is 3.57. The molecule has 1 atom stereocenters. The lowest BCUT2D eigenvalue weighted by atomic mass is 10.2. The third kappa shape index (κ3) is 4.82. The molecule has 10 nitrogen and oxygen atoms in total. The van der Waals surface area contributed by atoms with Crippen LogP contribution in [0.4, 0.5) is 17.1 Å². The molecule has 0 saturated carbocycles. The van der Waals surface area contributed by atoms with Gasteiger partial charge in [0.1, 0.15) is 5.75 Å². The maximum atomic E-state index is 12.4. The maximum Gasteiger partial charge on any atom is 0.312 e. The molecule has 2 aromatic carbocycles. The van der Waals surface area contributed by atoms with Gasteiger partial charge >= 0.3 is 5.69 Å². The van der Waals surface area contributed by atoms with Crippen molar-refractivity contribution in [2.75, 3.05) is 12.4 Å². The highest BCUT2D eigenvalue weighted by Crippen LogP contribution is 2.32. The summed E-state index contributed by atoms with van der Waals surface area (Å²) in [5, 5.41) is 24.6. The fourth-order valence-electron chi connectivity index (χ4n) is 2.12. The summed E-state index contributed by atoms with van der Waals surface area (Å²) in [6.07, 6.45) is -1.14. The molecule has 0 bridgehead atoms. The van der Waals surface area contributed by atoms with Crippen LogP contribution in [0.1, 0.15) is 6.92 Å². The van der Waals surface area contributed by atoms with Crippen LogP contribution in [0.2, 0.25) is 5.02 Å². The zero-order chi connectivity index (χ0) is 20.1. The van der Waals surface area contributed by atoms with E-state index in [1.807, 2.05) is 0 Å². The Kier molecular flexibility index (Phi) is 6.14. The highest BCUT2D eigenvalue weighted by atomic mass is 35.5. The number of hydrogen-bond donors (Lipinski definition) is 1. The van der Waals surface area contributed by atoms with E-state index in [4.69, 9.17) is 21.1 Å². The molecule has 27 heavy (non-hydrogen) atoms. The molecule has 0 spiro atoms. The van der Waals surface area contributed by atoms with Crippen LogP contribution in [0, 0.1) is 20.2 Å². The van der Waals surface area contributed by atoms with Gasteiger partial charge in [-0.05, 0) is 25.1 Å². The molecule has 0 radical (unpaired) electrons. The number of nitro benzene ring substituents is 2. The Hall–Kier alpha value is -3.40. The zero-order valence-electron chi connectivity index (χ0n) is 14.2. The van der Waals surface area contributed by atoms with Crippen LogP contribution in [-0.2, 0) is 4.79 Å². The number of ether oxygens (including phenoxy) is 2. The molecule has 0 aliphatic rings. The van der Waals surface area contributed by atoms with E-state index < -0.39 is 27.5 Å². The Morgan fingerprint density at radius 2 is 1.78 bits per heavy atom. The summed E-state index contributed by atoms with van der Waals surface area (Å²) in [7, 11) is 1.34. The summed E-state index contributed by atoms with van der Waals surface area (Å²) in [5.74, 6) is -0.616. The molecule has 2 rings (SSSR count). The number of nitrogens with zero attached hydrogens (tertiary/aromatic N) is 2. The van der Waals surface area contributed by atoms with Gasteiger partial charge in [-0.1, -0.05) is 11.6 Å². The topological polar surface area (TPSA) is 134 Å². The lowest BCUT2D eigenvalue weighted by Crippen LogP contribution is -2.30. The number of anilines is 1. The standard InChI is InChI=1S/C16H14ClN3O7/c1-9(27-15-5-3-10(17)7-13(15)20(24)25)16(21)18-12-8-11(19(22)23)4-6-14(12)26-2/h3-9H,1-2H3,(H,18,21)/t9-/m1/s1. The number of nitrogens with one attached hydrogen (secondary N) is 1. The van der Waals surface area contributed by atoms with Crippen molar-refractivity contribution in [1.82, 2.24) is 0 Å². The van der Waals surface area contributed by atoms with E-state index >= 15 is 0 Å². The van der Waals surface area contributed by atoms with Crippen LogP contribution >= 0.6 is 11.6 Å². The quantitative estimate of drug-likeness (QED) is 0.559. The van der Waals surface area contributed by atoms with Crippen molar-refractivity contribution in [2.24, 2.45) is 0 Å². The summed E-state index contributed by atoms with van der Waals surface area (Å²) in [4.78, 5) is 33.0. The second kappa shape index (κ2) is 8.32. The number of halogens is 1. The van der Waals surface area contributed by atoms with Crippen molar-refractivity contribution < 1.29 is 24.1 Å². The van der Waals surface area contributed by atoms with E-state index in [9.17, 15) is 25.0 Å². The molecule has 0 fully saturated rings.